The fourth-order valence-corrected chi connectivity index (χ4v) is 4.62. The summed E-state index contributed by atoms with van der Waals surface area (Å²) in [6.45, 7) is 3.64. The van der Waals surface area contributed by atoms with Crippen LogP contribution in [0.1, 0.15) is 24.4 Å². The number of phenols is 1. The van der Waals surface area contributed by atoms with Crippen LogP contribution in [0.3, 0.4) is 0 Å². The van der Waals surface area contributed by atoms with E-state index in [1.54, 1.807) is 6.08 Å². The SMILES string of the molecule is C=CCCC1=C(C(=O)O)N2C(=O)C(NC(=O)[C@H](N)c3ccc(O)cc3)[C@H]2SC1. The van der Waals surface area contributed by atoms with E-state index >= 15 is 0 Å². The Hall–Kier alpha value is -2.78. The average Bonchev–Trinajstić information content (AvgIpc) is 2.69. The van der Waals surface area contributed by atoms with Gasteiger partial charge in [0.15, 0.2) is 0 Å². The van der Waals surface area contributed by atoms with Crippen molar-refractivity contribution in [3.8, 4) is 5.75 Å². The number of carboxylic acid groups (broad SMARTS) is 1. The van der Waals surface area contributed by atoms with Crippen molar-refractivity contribution in [3.63, 3.8) is 0 Å². The summed E-state index contributed by atoms with van der Waals surface area (Å²) in [7, 11) is 0. The van der Waals surface area contributed by atoms with Crippen molar-refractivity contribution in [3.05, 3.63) is 53.8 Å². The monoisotopic (exact) mass is 403 g/mol. The summed E-state index contributed by atoms with van der Waals surface area (Å²) in [4.78, 5) is 38.0. The van der Waals surface area contributed by atoms with Crippen LogP contribution in [0.2, 0.25) is 0 Å². The highest BCUT2D eigenvalue weighted by atomic mass is 32.2. The van der Waals surface area contributed by atoms with Crippen LogP contribution in [0, 0.1) is 0 Å². The number of rotatable bonds is 7. The molecule has 28 heavy (non-hydrogen) atoms. The van der Waals surface area contributed by atoms with Crippen molar-refractivity contribution < 1.29 is 24.6 Å². The second-order valence-corrected chi connectivity index (χ2v) is 7.65. The van der Waals surface area contributed by atoms with E-state index in [2.05, 4.69) is 11.9 Å². The van der Waals surface area contributed by atoms with Gasteiger partial charge in [-0.1, -0.05) is 18.2 Å². The van der Waals surface area contributed by atoms with Gasteiger partial charge in [-0.3, -0.25) is 14.5 Å². The molecule has 148 valence electrons. The Morgan fingerprint density at radius 3 is 2.68 bits per heavy atom. The molecule has 2 heterocycles. The van der Waals surface area contributed by atoms with E-state index in [4.69, 9.17) is 5.73 Å². The third kappa shape index (κ3) is 3.63. The predicted molar refractivity (Wildman–Crippen MR) is 104 cm³/mol. The zero-order valence-electron chi connectivity index (χ0n) is 15.0. The Morgan fingerprint density at radius 1 is 1.39 bits per heavy atom. The van der Waals surface area contributed by atoms with Gasteiger partial charge < -0.3 is 21.3 Å². The Labute approximate surface area is 166 Å². The number of carboxylic acids is 1. The number of fused-ring (bicyclic) bond motifs is 1. The molecule has 3 atom stereocenters. The van der Waals surface area contributed by atoms with Gasteiger partial charge >= 0.3 is 5.97 Å². The normalized spacial score (nSPS) is 22.2. The molecule has 5 N–H and O–H groups in total. The number of hydrogen-bond donors (Lipinski definition) is 4. The number of carbonyl (C=O) groups is 3. The molecule has 8 nitrogen and oxygen atoms in total. The van der Waals surface area contributed by atoms with Gasteiger partial charge in [0, 0.05) is 5.75 Å². The molecule has 0 radical (unpaired) electrons. The molecule has 2 aliphatic heterocycles. The lowest BCUT2D eigenvalue weighted by atomic mass is 9.99. The molecular weight excluding hydrogens is 382 g/mol. The first-order chi connectivity index (χ1) is 13.3. The van der Waals surface area contributed by atoms with Crippen molar-refractivity contribution in [1.29, 1.82) is 0 Å². The molecule has 0 saturated carbocycles. The number of benzene rings is 1. The minimum Gasteiger partial charge on any atom is -0.508 e. The number of aliphatic carboxylic acids is 1. The maximum atomic E-state index is 12.6. The van der Waals surface area contributed by atoms with Gasteiger partial charge in [0.05, 0.1) is 0 Å². The number of aromatic hydroxyl groups is 1. The van der Waals surface area contributed by atoms with Crippen molar-refractivity contribution in [1.82, 2.24) is 10.2 Å². The molecule has 0 aromatic heterocycles. The lowest BCUT2D eigenvalue weighted by Gasteiger charge is -2.49. The highest BCUT2D eigenvalue weighted by Crippen LogP contribution is 2.41. The van der Waals surface area contributed by atoms with Crippen LogP contribution >= 0.6 is 11.8 Å². The number of thioether (sulfide) groups is 1. The minimum atomic E-state index is -1.15. The van der Waals surface area contributed by atoms with Crippen LogP contribution in [0.25, 0.3) is 0 Å². The molecule has 1 aromatic rings. The Bertz CT molecular complexity index is 852. The van der Waals surface area contributed by atoms with Gasteiger partial charge in [-0.15, -0.1) is 18.3 Å². The number of hydrogen-bond acceptors (Lipinski definition) is 6. The lowest BCUT2D eigenvalue weighted by molar-refractivity contribution is -0.150. The van der Waals surface area contributed by atoms with Crippen LogP contribution < -0.4 is 11.1 Å². The molecule has 0 spiro atoms. The number of amides is 2. The first-order valence-corrected chi connectivity index (χ1v) is 9.75. The number of allylic oxidation sites excluding steroid dienone is 1. The second kappa shape index (κ2) is 8.07. The van der Waals surface area contributed by atoms with Crippen molar-refractivity contribution >= 4 is 29.5 Å². The van der Waals surface area contributed by atoms with E-state index < -0.39 is 35.2 Å². The maximum Gasteiger partial charge on any atom is 0.352 e. The highest BCUT2D eigenvalue weighted by Gasteiger charge is 2.54. The quantitative estimate of drug-likeness (QED) is 0.396. The van der Waals surface area contributed by atoms with Crippen molar-refractivity contribution in [2.75, 3.05) is 5.75 Å². The van der Waals surface area contributed by atoms with E-state index in [0.29, 0.717) is 29.7 Å². The number of carbonyl (C=O) groups excluding carboxylic acids is 2. The van der Waals surface area contributed by atoms with Gasteiger partial charge in [-0.2, -0.15) is 0 Å². The first-order valence-electron chi connectivity index (χ1n) is 8.71. The average molecular weight is 403 g/mol. The van der Waals surface area contributed by atoms with E-state index in [1.165, 1.54) is 40.9 Å². The molecular formula is C19H21N3O5S. The number of β-lactam (4-membered cyclic amide) rings is 1. The third-order valence-corrected chi connectivity index (χ3v) is 6.07. The summed E-state index contributed by atoms with van der Waals surface area (Å²) in [5.41, 5.74) is 7.13. The third-order valence-electron chi connectivity index (χ3n) is 4.73. The van der Waals surface area contributed by atoms with Crippen LogP contribution in [-0.2, 0) is 14.4 Å². The fraction of sp³-hybridized carbons (Fsp3) is 0.316. The molecule has 1 unspecified atom stereocenters. The molecule has 1 fully saturated rings. The summed E-state index contributed by atoms with van der Waals surface area (Å²) in [6.07, 6.45) is 2.85. The van der Waals surface area contributed by atoms with Crippen LogP contribution in [0.15, 0.2) is 48.2 Å². The van der Waals surface area contributed by atoms with Gasteiger partial charge in [-0.25, -0.2) is 4.79 Å². The standard InChI is InChI=1S/C19H21N3O5S/c1-2-3-4-11-9-28-18-14(17(25)22(18)15(11)19(26)27)21-16(24)13(20)10-5-7-12(23)8-6-10/h2,5-8,13-14,18,23H,1,3-4,9,20H2,(H,21,24)(H,26,27)/t13-,14?,18-/m1/s1. The first kappa shape index (κ1) is 20.0. The largest absolute Gasteiger partial charge is 0.508 e. The minimum absolute atomic E-state index is 0.00364. The van der Waals surface area contributed by atoms with Crippen molar-refractivity contribution in [2.45, 2.75) is 30.3 Å². The number of nitrogens with zero attached hydrogens (tertiary/aromatic N) is 1. The van der Waals surface area contributed by atoms with E-state index in [9.17, 15) is 24.6 Å². The molecule has 1 aromatic carbocycles. The van der Waals surface area contributed by atoms with Crippen molar-refractivity contribution in [2.24, 2.45) is 5.73 Å². The molecule has 0 bridgehead atoms. The Kier molecular flexibility index (Phi) is 5.76. The van der Waals surface area contributed by atoms with Crippen LogP contribution in [0.4, 0.5) is 0 Å². The zero-order chi connectivity index (χ0) is 20.4. The molecule has 2 amide bonds. The Balaban J connectivity index is 1.72. The number of nitrogens with two attached hydrogens (primary N) is 1. The topological polar surface area (TPSA) is 133 Å². The van der Waals surface area contributed by atoms with Gasteiger partial charge in [0.2, 0.25) is 5.91 Å². The molecule has 3 rings (SSSR count). The second-order valence-electron chi connectivity index (χ2n) is 6.55. The predicted octanol–water partition coefficient (Wildman–Crippen LogP) is 1.10. The maximum absolute atomic E-state index is 12.6. The summed E-state index contributed by atoms with van der Waals surface area (Å²) in [5.74, 6) is -1.62. The lowest BCUT2D eigenvalue weighted by Crippen LogP contribution is -2.71. The van der Waals surface area contributed by atoms with E-state index in [0.717, 1.165) is 0 Å². The van der Waals surface area contributed by atoms with E-state index in [1.807, 2.05) is 0 Å². The fourth-order valence-electron chi connectivity index (χ4n) is 3.23. The summed E-state index contributed by atoms with van der Waals surface area (Å²) >= 11 is 1.42. The molecule has 1 saturated heterocycles. The van der Waals surface area contributed by atoms with Gasteiger partial charge in [-0.05, 0) is 36.1 Å². The molecule has 0 aliphatic carbocycles. The summed E-state index contributed by atoms with van der Waals surface area (Å²) in [6, 6.07) is 4.07. The van der Waals surface area contributed by atoms with Crippen LogP contribution in [0.5, 0.6) is 5.75 Å². The summed E-state index contributed by atoms with van der Waals surface area (Å²) < 4.78 is 0. The van der Waals surface area contributed by atoms with Gasteiger partial charge in [0.1, 0.15) is 28.9 Å². The zero-order valence-corrected chi connectivity index (χ0v) is 15.8. The number of nitrogens with one attached hydrogen (secondary N) is 1. The number of phenolic OH excluding ortho intramolecular Hbond substituents is 1. The smallest absolute Gasteiger partial charge is 0.352 e. The summed E-state index contributed by atoms with van der Waals surface area (Å²) in [5, 5.41) is 21.0. The van der Waals surface area contributed by atoms with Gasteiger partial charge in [0.25, 0.3) is 5.91 Å². The molecule has 2 aliphatic rings. The van der Waals surface area contributed by atoms with E-state index in [-0.39, 0.29) is 11.4 Å². The van der Waals surface area contributed by atoms with Crippen LogP contribution in [-0.4, -0.2) is 50.1 Å². The molecule has 9 heteroatoms. The Morgan fingerprint density at radius 2 is 2.07 bits per heavy atom. The highest BCUT2D eigenvalue weighted by molar-refractivity contribution is 8.00.